The van der Waals surface area contributed by atoms with Crippen molar-refractivity contribution >= 4 is 11.6 Å². The van der Waals surface area contributed by atoms with Crippen LogP contribution in [-0.4, -0.2) is 11.9 Å². The molecule has 2 rings (SSSR count). The van der Waals surface area contributed by atoms with Crippen LogP contribution >= 0.6 is 0 Å². The summed E-state index contributed by atoms with van der Waals surface area (Å²) in [6.45, 7) is 6.37. The first-order valence-electron chi connectivity index (χ1n) is 7.25. The Morgan fingerprint density at radius 1 is 1.30 bits per heavy atom. The highest BCUT2D eigenvalue weighted by Crippen LogP contribution is 2.31. The minimum absolute atomic E-state index is 0.266. The molecule has 0 saturated heterocycles. The highest BCUT2D eigenvalue weighted by molar-refractivity contribution is 5.83. The summed E-state index contributed by atoms with van der Waals surface area (Å²) in [6, 6.07) is 7.77. The molecule has 0 fully saturated rings. The van der Waals surface area contributed by atoms with E-state index in [1.54, 1.807) is 0 Å². The van der Waals surface area contributed by atoms with E-state index in [2.05, 4.69) is 25.2 Å². The zero-order chi connectivity index (χ0) is 14.7. The van der Waals surface area contributed by atoms with Crippen molar-refractivity contribution in [2.45, 2.75) is 39.7 Å². The van der Waals surface area contributed by atoms with E-state index < -0.39 is 0 Å². The van der Waals surface area contributed by atoms with Crippen LogP contribution in [0.5, 0.6) is 0 Å². The topological polar surface area (TPSA) is 55.1 Å². The number of anilines is 1. The summed E-state index contributed by atoms with van der Waals surface area (Å²) >= 11 is 0. The Hall–Kier alpha value is -1.77. The van der Waals surface area contributed by atoms with Crippen molar-refractivity contribution in [3.63, 3.8) is 0 Å². The largest absolute Gasteiger partial charge is 0.373 e. The molecule has 0 aromatic heterocycles. The van der Waals surface area contributed by atoms with E-state index in [4.69, 9.17) is 5.73 Å². The Morgan fingerprint density at radius 3 is 2.50 bits per heavy atom. The first kappa shape index (κ1) is 14.6. The second-order valence-corrected chi connectivity index (χ2v) is 6.08. The SMILES string of the molecule is CC1=CC(C)CC(C(Nc2ccc(C)cc2)C(N)=O)C1. The van der Waals surface area contributed by atoms with Gasteiger partial charge >= 0.3 is 0 Å². The van der Waals surface area contributed by atoms with Gasteiger partial charge in [-0.15, -0.1) is 0 Å². The lowest BCUT2D eigenvalue weighted by atomic mass is 9.79. The fourth-order valence-corrected chi connectivity index (χ4v) is 3.10. The summed E-state index contributed by atoms with van der Waals surface area (Å²) in [6.07, 6.45) is 4.24. The summed E-state index contributed by atoms with van der Waals surface area (Å²) in [7, 11) is 0. The number of carbonyl (C=O) groups excluding carboxylic acids is 1. The molecule has 1 amide bonds. The molecule has 3 atom stereocenters. The number of benzene rings is 1. The number of carbonyl (C=O) groups is 1. The van der Waals surface area contributed by atoms with Crippen LogP contribution in [0.3, 0.4) is 0 Å². The van der Waals surface area contributed by atoms with Crippen LogP contribution in [-0.2, 0) is 4.79 Å². The molecule has 1 aromatic carbocycles. The van der Waals surface area contributed by atoms with Gasteiger partial charge in [0, 0.05) is 5.69 Å². The van der Waals surface area contributed by atoms with Crippen molar-refractivity contribution in [2.75, 3.05) is 5.32 Å². The molecule has 3 nitrogen and oxygen atoms in total. The van der Waals surface area contributed by atoms with Crippen LogP contribution < -0.4 is 11.1 Å². The maximum absolute atomic E-state index is 11.8. The number of hydrogen-bond donors (Lipinski definition) is 2. The van der Waals surface area contributed by atoms with Gasteiger partial charge in [-0.05, 0) is 50.7 Å². The van der Waals surface area contributed by atoms with E-state index in [-0.39, 0.29) is 17.9 Å². The summed E-state index contributed by atoms with van der Waals surface area (Å²) in [5, 5.41) is 3.31. The molecule has 1 aliphatic rings. The highest BCUT2D eigenvalue weighted by Gasteiger charge is 2.30. The second-order valence-electron chi connectivity index (χ2n) is 6.08. The predicted molar refractivity (Wildman–Crippen MR) is 83.4 cm³/mol. The van der Waals surface area contributed by atoms with Crippen molar-refractivity contribution in [3.05, 3.63) is 41.5 Å². The van der Waals surface area contributed by atoms with Gasteiger partial charge in [0.05, 0.1) is 0 Å². The number of amides is 1. The highest BCUT2D eigenvalue weighted by atomic mass is 16.1. The molecule has 1 aliphatic carbocycles. The molecule has 3 heteroatoms. The third-order valence-corrected chi connectivity index (χ3v) is 3.98. The number of rotatable bonds is 4. The van der Waals surface area contributed by atoms with Crippen LogP contribution in [0.2, 0.25) is 0 Å². The molecule has 0 bridgehead atoms. The molecule has 0 radical (unpaired) electrons. The number of primary amides is 1. The van der Waals surface area contributed by atoms with E-state index >= 15 is 0 Å². The van der Waals surface area contributed by atoms with Crippen molar-refractivity contribution in [1.82, 2.24) is 0 Å². The predicted octanol–water partition coefficient (Wildman–Crippen LogP) is 3.25. The fourth-order valence-electron chi connectivity index (χ4n) is 3.10. The smallest absolute Gasteiger partial charge is 0.240 e. The Labute approximate surface area is 121 Å². The van der Waals surface area contributed by atoms with Crippen LogP contribution in [0.4, 0.5) is 5.69 Å². The Bertz CT molecular complexity index is 504. The zero-order valence-corrected chi connectivity index (χ0v) is 12.5. The van der Waals surface area contributed by atoms with E-state index in [1.807, 2.05) is 31.2 Å². The van der Waals surface area contributed by atoms with Crippen LogP contribution in [0.1, 0.15) is 32.3 Å². The molecule has 3 unspecified atom stereocenters. The molecule has 0 spiro atoms. The first-order valence-corrected chi connectivity index (χ1v) is 7.25. The number of nitrogens with one attached hydrogen (secondary N) is 1. The first-order chi connectivity index (χ1) is 9.45. The van der Waals surface area contributed by atoms with Crippen LogP contribution in [0, 0.1) is 18.8 Å². The van der Waals surface area contributed by atoms with Gasteiger partial charge in [-0.3, -0.25) is 4.79 Å². The van der Waals surface area contributed by atoms with Gasteiger partial charge < -0.3 is 11.1 Å². The summed E-state index contributed by atoms with van der Waals surface area (Å²) in [4.78, 5) is 11.8. The van der Waals surface area contributed by atoms with Crippen molar-refractivity contribution in [3.8, 4) is 0 Å². The van der Waals surface area contributed by atoms with Crippen molar-refractivity contribution in [1.29, 1.82) is 0 Å². The standard InChI is InChI=1S/C17H24N2O/c1-11-4-6-15(7-5-11)19-16(17(18)20)14-9-12(2)8-13(3)10-14/h4-8,12,14,16,19H,9-10H2,1-3H3,(H2,18,20). The van der Waals surface area contributed by atoms with Gasteiger partial charge in [-0.25, -0.2) is 0 Å². The second kappa shape index (κ2) is 6.12. The molecule has 0 aliphatic heterocycles. The normalized spacial score (nSPS) is 23.9. The van der Waals surface area contributed by atoms with E-state index in [9.17, 15) is 4.79 Å². The maximum Gasteiger partial charge on any atom is 0.240 e. The van der Waals surface area contributed by atoms with Crippen LogP contribution in [0.25, 0.3) is 0 Å². The van der Waals surface area contributed by atoms with Crippen molar-refractivity contribution < 1.29 is 4.79 Å². The maximum atomic E-state index is 11.8. The lowest BCUT2D eigenvalue weighted by Crippen LogP contribution is -2.43. The summed E-state index contributed by atoms with van der Waals surface area (Å²) in [5.41, 5.74) is 9.13. The number of aryl methyl sites for hydroxylation is 1. The van der Waals surface area contributed by atoms with Crippen molar-refractivity contribution in [2.24, 2.45) is 17.6 Å². The van der Waals surface area contributed by atoms with E-state index in [1.165, 1.54) is 11.1 Å². The quantitative estimate of drug-likeness (QED) is 0.827. The molecule has 1 aromatic rings. The minimum Gasteiger partial charge on any atom is -0.373 e. The molecular formula is C17H24N2O. The Balaban J connectivity index is 2.13. The number of hydrogen-bond acceptors (Lipinski definition) is 2. The third kappa shape index (κ3) is 3.62. The number of allylic oxidation sites excluding steroid dienone is 2. The average Bonchev–Trinajstić information content (AvgIpc) is 2.36. The molecular weight excluding hydrogens is 248 g/mol. The van der Waals surface area contributed by atoms with Gasteiger partial charge in [0.25, 0.3) is 0 Å². The Kier molecular flexibility index (Phi) is 4.48. The molecule has 0 saturated carbocycles. The molecule has 3 N–H and O–H groups in total. The average molecular weight is 272 g/mol. The lowest BCUT2D eigenvalue weighted by molar-refractivity contribution is -0.119. The minimum atomic E-state index is -0.302. The zero-order valence-electron chi connectivity index (χ0n) is 12.5. The number of nitrogens with two attached hydrogens (primary N) is 1. The lowest BCUT2D eigenvalue weighted by Gasteiger charge is -2.31. The van der Waals surface area contributed by atoms with Gasteiger partial charge in [0.15, 0.2) is 0 Å². The molecule has 0 heterocycles. The molecule has 20 heavy (non-hydrogen) atoms. The van der Waals surface area contributed by atoms with Gasteiger partial charge in [-0.1, -0.05) is 36.3 Å². The fraction of sp³-hybridized carbons (Fsp3) is 0.471. The van der Waals surface area contributed by atoms with E-state index in [0.717, 1.165) is 18.5 Å². The monoisotopic (exact) mass is 272 g/mol. The Morgan fingerprint density at radius 2 is 1.95 bits per heavy atom. The van der Waals surface area contributed by atoms with E-state index in [0.29, 0.717) is 5.92 Å². The summed E-state index contributed by atoms with van der Waals surface area (Å²) in [5.74, 6) is 0.515. The molecule has 108 valence electrons. The summed E-state index contributed by atoms with van der Waals surface area (Å²) < 4.78 is 0. The van der Waals surface area contributed by atoms with Crippen LogP contribution in [0.15, 0.2) is 35.9 Å². The van der Waals surface area contributed by atoms with Gasteiger partial charge in [0.2, 0.25) is 5.91 Å². The van der Waals surface area contributed by atoms with Gasteiger partial charge in [-0.2, -0.15) is 0 Å². The third-order valence-electron chi connectivity index (χ3n) is 3.98. The van der Waals surface area contributed by atoms with Gasteiger partial charge in [0.1, 0.15) is 6.04 Å².